The van der Waals surface area contributed by atoms with Crippen molar-refractivity contribution in [2.24, 2.45) is 0 Å². The van der Waals surface area contributed by atoms with Gasteiger partial charge in [0.05, 0.1) is 23.3 Å². The van der Waals surface area contributed by atoms with Gasteiger partial charge in [-0.05, 0) is 49.7 Å². The maximum atomic E-state index is 12.6. The summed E-state index contributed by atoms with van der Waals surface area (Å²) in [4.78, 5) is 21.5. The first-order valence-electron chi connectivity index (χ1n) is 8.78. The van der Waals surface area contributed by atoms with E-state index in [1.165, 1.54) is 0 Å². The fourth-order valence-corrected chi connectivity index (χ4v) is 3.07. The highest BCUT2D eigenvalue weighted by atomic mass is 16.4. The molecule has 0 aliphatic carbocycles. The minimum Gasteiger partial charge on any atom is -0.441 e. The van der Waals surface area contributed by atoms with Gasteiger partial charge in [0.25, 0.3) is 0 Å². The third-order valence-corrected chi connectivity index (χ3v) is 4.49. The number of rotatable bonds is 4. The standard InChI is InChI=1S/C22H19N3O2/c1-14-10-11-18(17-9-6-12-23-21(14)17)24-20(26)13-19-15(2)27-22(25-19)16-7-4-3-5-8-16/h3-12H,13H2,1-2H3,(H,24,26). The van der Waals surface area contributed by atoms with Crippen molar-refractivity contribution in [1.29, 1.82) is 0 Å². The van der Waals surface area contributed by atoms with Gasteiger partial charge in [0.2, 0.25) is 11.8 Å². The Hall–Kier alpha value is -3.47. The summed E-state index contributed by atoms with van der Waals surface area (Å²) in [6, 6.07) is 17.3. The molecule has 27 heavy (non-hydrogen) atoms. The number of amides is 1. The number of anilines is 1. The van der Waals surface area contributed by atoms with Crippen molar-refractivity contribution in [1.82, 2.24) is 9.97 Å². The SMILES string of the molecule is Cc1oc(-c2ccccc2)nc1CC(=O)Nc1ccc(C)c2ncccc12. The van der Waals surface area contributed by atoms with Crippen LogP contribution in [0.1, 0.15) is 17.0 Å². The minimum atomic E-state index is -0.139. The molecule has 5 nitrogen and oxygen atoms in total. The number of aryl methyl sites for hydroxylation is 2. The van der Waals surface area contributed by atoms with Crippen LogP contribution in [0.25, 0.3) is 22.4 Å². The molecule has 0 radical (unpaired) electrons. The Morgan fingerprint density at radius 2 is 1.85 bits per heavy atom. The van der Waals surface area contributed by atoms with Crippen LogP contribution in [-0.2, 0) is 11.2 Å². The van der Waals surface area contributed by atoms with Gasteiger partial charge in [-0.25, -0.2) is 4.98 Å². The predicted octanol–water partition coefficient (Wildman–Crippen LogP) is 4.69. The van der Waals surface area contributed by atoms with Crippen molar-refractivity contribution in [3.05, 3.63) is 77.8 Å². The second-order valence-corrected chi connectivity index (χ2v) is 6.44. The Morgan fingerprint density at radius 1 is 1.04 bits per heavy atom. The molecule has 4 rings (SSSR count). The Morgan fingerprint density at radius 3 is 2.67 bits per heavy atom. The first kappa shape index (κ1) is 17.0. The van der Waals surface area contributed by atoms with E-state index >= 15 is 0 Å². The van der Waals surface area contributed by atoms with Gasteiger partial charge >= 0.3 is 0 Å². The first-order valence-corrected chi connectivity index (χ1v) is 8.78. The van der Waals surface area contributed by atoms with E-state index in [0.29, 0.717) is 17.3 Å². The van der Waals surface area contributed by atoms with Crippen molar-refractivity contribution in [2.45, 2.75) is 20.3 Å². The Bertz CT molecular complexity index is 1120. The number of nitrogens with one attached hydrogen (secondary N) is 1. The molecule has 0 unspecified atom stereocenters. The van der Waals surface area contributed by atoms with Gasteiger partial charge < -0.3 is 9.73 Å². The summed E-state index contributed by atoms with van der Waals surface area (Å²) in [5, 5.41) is 3.90. The number of aromatic nitrogens is 2. The number of oxazole rings is 1. The van der Waals surface area contributed by atoms with Crippen molar-refractivity contribution in [3.63, 3.8) is 0 Å². The van der Waals surface area contributed by atoms with Crippen LogP contribution in [0.15, 0.2) is 65.2 Å². The zero-order chi connectivity index (χ0) is 18.8. The van der Waals surface area contributed by atoms with E-state index in [-0.39, 0.29) is 12.3 Å². The molecule has 2 heterocycles. The largest absolute Gasteiger partial charge is 0.441 e. The average Bonchev–Trinajstić information content (AvgIpc) is 3.05. The Labute approximate surface area is 157 Å². The van der Waals surface area contributed by atoms with Gasteiger partial charge in [0.1, 0.15) is 5.76 Å². The molecule has 4 aromatic rings. The number of hydrogen-bond acceptors (Lipinski definition) is 4. The van der Waals surface area contributed by atoms with Gasteiger partial charge in [-0.2, -0.15) is 0 Å². The summed E-state index contributed by atoms with van der Waals surface area (Å²) < 4.78 is 5.74. The summed E-state index contributed by atoms with van der Waals surface area (Å²) in [5.74, 6) is 1.04. The maximum Gasteiger partial charge on any atom is 0.230 e. The van der Waals surface area contributed by atoms with Crippen LogP contribution in [0.5, 0.6) is 0 Å². The topological polar surface area (TPSA) is 68.0 Å². The lowest BCUT2D eigenvalue weighted by Gasteiger charge is -2.09. The highest BCUT2D eigenvalue weighted by molar-refractivity contribution is 6.02. The van der Waals surface area contributed by atoms with E-state index in [9.17, 15) is 4.79 Å². The fraction of sp³-hybridized carbons (Fsp3) is 0.136. The predicted molar refractivity (Wildman–Crippen MR) is 105 cm³/mol. The van der Waals surface area contributed by atoms with Crippen molar-refractivity contribution in [3.8, 4) is 11.5 Å². The zero-order valence-corrected chi connectivity index (χ0v) is 15.2. The van der Waals surface area contributed by atoms with Crippen LogP contribution in [0.4, 0.5) is 5.69 Å². The summed E-state index contributed by atoms with van der Waals surface area (Å²) in [6.07, 6.45) is 1.91. The van der Waals surface area contributed by atoms with Gasteiger partial charge in [-0.15, -0.1) is 0 Å². The van der Waals surface area contributed by atoms with E-state index in [1.54, 1.807) is 6.20 Å². The van der Waals surface area contributed by atoms with E-state index in [4.69, 9.17) is 4.42 Å². The highest BCUT2D eigenvalue weighted by Gasteiger charge is 2.15. The number of carbonyl (C=O) groups excluding carboxylic acids is 1. The van der Waals surface area contributed by atoms with E-state index in [0.717, 1.165) is 27.7 Å². The van der Waals surface area contributed by atoms with Crippen molar-refractivity contribution in [2.75, 3.05) is 5.32 Å². The molecule has 2 aromatic carbocycles. The van der Waals surface area contributed by atoms with Crippen LogP contribution in [-0.4, -0.2) is 15.9 Å². The molecule has 1 N–H and O–H groups in total. The monoisotopic (exact) mass is 357 g/mol. The molecule has 2 aromatic heterocycles. The van der Waals surface area contributed by atoms with Gasteiger partial charge in [-0.3, -0.25) is 9.78 Å². The molecule has 0 atom stereocenters. The summed E-state index contributed by atoms with van der Waals surface area (Å²) >= 11 is 0. The number of benzene rings is 2. The van der Waals surface area contributed by atoms with Crippen LogP contribution in [0.2, 0.25) is 0 Å². The second-order valence-electron chi connectivity index (χ2n) is 6.44. The molecular weight excluding hydrogens is 338 g/mol. The molecule has 0 saturated heterocycles. The number of pyridine rings is 1. The summed E-state index contributed by atoms with van der Waals surface area (Å²) in [5.41, 5.74) is 4.24. The second kappa shape index (κ2) is 7.03. The van der Waals surface area contributed by atoms with E-state index in [1.807, 2.05) is 68.4 Å². The van der Waals surface area contributed by atoms with Gasteiger partial charge in [0, 0.05) is 17.1 Å². The lowest BCUT2D eigenvalue weighted by Crippen LogP contribution is -2.15. The van der Waals surface area contributed by atoms with E-state index in [2.05, 4.69) is 15.3 Å². The van der Waals surface area contributed by atoms with E-state index < -0.39 is 0 Å². The zero-order valence-electron chi connectivity index (χ0n) is 15.2. The molecular formula is C22H19N3O2. The highest BCUT2D eigenvalue weighted by Crippen LogP contribution is 2.25. The fourth-order valence-electron chi connectivity index (χ4n) is 3.07. The Kier molecular flexibility index (Phi) is 4.42. The van der Waals surface area contributed by atoms with Crippen LogP contribution < -0.4 is 5.32 Å². The summed E-state index contributed by atoms with van der Waals surface area (Å²) in [6.45, 7) is 3.83. The number of hydrogen-bond donors (Lipinski definition) is 1. The molecule has 0 spiro atoms. The molecule has 0 aliphatic heterocycles. The van der Waals surface area contributed by atoms with Gasteiger partial charge in [-0.1, -0.05) is 24.3 Å². The molecule has 1 amide bonds. The van der Waals surface area contributed by atoms with Crippen molar-refractivity contribution < 1.29 is 9.21 Å². The molecule has 0 bridgehead atoms. The number of fused-ring (bicyclic) bond motifs is 1. The molecule has 134 valence electrons. The van der Waals surface area contributed by atoms with Crippen LogP contribution in [0.3, 0.4) is 0 Å². The number of nitrogens with zero attached hydrogens (tertiary/aromatic N) is 2. The average molecular weight is 357 g/mol. The lowest BCUT2D eigenvalue weighted by molar-refractivity contribution is -0.115. The summed E-state index contributed by atoms with van der Waals surface area (Å²) in [7, 11) is 0. The van der Waals surface area contributed by atoms with Gasteiger partial charge in [0.15, 0.2) is 0 Å². The van der Waals surface area contributed by atoms with Crippen molar-refractivity contribution >= 4 is 22.5 Å². The molecule has 0 fully saturated rings. The van der Waals surface area contributed by atoms with Crippen LogP contribution >= 0.6 is 0 Å². The van der Waals surface area contributed by atoms with Crippen LogP contribution in [0, 0.1) is 13.8 Å². The molecule has 0 aliphatic rings. The first-order chi connectivity index (χ1) is 13.1. The normalized spacial score (nSPS) is 10.9. The smallest absolute Gasteiger partial charge is 0.230 e. The molecule has 5 heteroatoms. The number of carbonyl (C=O) groups is 1. The minimum absolute atomic E-state index is 0.139. The maximum absolute atomic E-state index is 12.6. The third kappa shape index (κ3) is 3.44. The third-order valence-electron chi connectivity index (χ3n) is 4.49. The Balaban J connectivity index is 1.56. The molecule has 0 saturated carbocycles. The quantitative estimate of drug-likeness (QED) is 0.575. The lowest BCUT2D eigenvalue weighted by atomic mass is 10.1.